The zero-order valence-electron chi connectivity index (χ0n) is 10.4. The van der Waals surface area contributed by atoms with E-state index in [4.69, 9.17) is 0 Å². The van der Waals surface area contributed by atoms with Crippen LogP contribution in [0.1, 0.15) is 26.7 Å². The maximum atomic E-state index is 11.8. The Morgan fingerprint density at radius 1 is 1.35 bits per heavy atom. The van der Waals surface area contributed by atoms with Gasteiger partial charge < -0.3 is 5.32 Å². The van der Waals surface area contributed by atoms with Crippen molar-refractivity contribution in [3.8, 4) is 0 Å². The van der Waals surface area contributed by atoms with E-state index in [2.05, 4.69) is 12.2 Å². The Bertz CT molecular complexity index is 373. The number of unbranched alkanes of at least 4 members (excludes halogenated alkanes) is 1. The molecule has 0 spiro atoms. The Hall–Kier alpha value is -1.22. The van der Waals surface area contributed by atoms with Crippen LogP contribution in [0.2, 0.25) is 0 Å². The average Bonchev–Trinajstić information content (AvgIpc) is 2.35. The van der Waals surface area contributed by atoms with Crippen LogP contribution in [0, 0.1) is 0 Å². The molecule has 1 aromatic carbocycles. The highest BCUT2D eigenvalue weighted by atomic mass is 32.2. The first-order chi connectivity index (χ1) is 8.24. The van der Waals surface area contributed by atoms with E-state index in [1.165, 1.54) is 12.8 Å². The lowest BCUT2D eigenvalue weighted by Crippen LogP contribution is -2.12. The normalized spacial score (nSPS) is 11.3. The number of thioether (sulfide) groups is 1. The summed E-state index contributed by atoms with van der Waals surface area (Å²) in [6, 6.07) is 9.51. The molecule has 0 aliphatic heterocycles. The lowest BCUT2D eigenvalue weighted by molar-refractivity contribution is -0.112. The Kier molecular flexibility index (Phi) is 6.48. The number of carbonyl (C=O) groups is 1. The first kappa shape index (κ1) is 13.8. The minimum Gasteiger partial charge on any atom is -0.322 e. The van der Waals surface area contributed by atoms with Crippen LogP contribution in [-0.4, -0.2) is 11.7 Å². The van der Waals surface area contributed by atoms with Crippen molar-refractivity contribution in [2.24, 2.45) is 0 Å². The number of amides is 1. The van der Waals surface area contributed by atoms with Crippen LogP contribution >= 0.6 is 11.8 Å². The van der Waals surface area contributed by atoms with Gasteiger partial charge in [-0.25, -0.2) is 0 Å². The molecule has 0 aromatic heterocycles. The maximum absolute atomic E-state index is 11.8. The fraction of sp³-hybridized carbons (Fsp3) is 0.357. The molecule has 0 saturated heterocycles. The summed E-state index contributed by atoms with van der Waals surface area (Å²) in [5.41, 5.74) is 1.60. The molecule has 0 bridgehead atoms. The summed E-state index contributed by atoms with van der Waals surface area (Å²) in [6.07, 6.45) is 2.38. The summed E-state index contributed by atoms with van der Waals surface area (Å²) < 4.78 is 0. The molecule has 1 amide bonds. The summed E-state index contributed by atoms with van der Waals surface area (Å²) in [6.45, 7) is 4.01. The number of nitrogens with one attached hydrogen (secondary N) is 1. The molecule has 0 atom stereocenters. The molecule has 0 heterocycles. The molecule has 0 aliphatic carbocycles. The third kappa shape index (κ3) is 5.59. The quantitative estimate of drug-likeness (QED) is 0.608. The summed E-state index contributed by atoms with van der Waals surface area (Å²) in [5, 5.41) is 4.80. The van der Waals surface area contributed by atoms with Gasteiger partial charge in [0.05, 0.1) is 0 Å². The molecule has 0 aliphatic rings. The van der Waals surface area contributed by atoms with Crippen LogP contribution in [0.25, 0.3) is 0 Å². The number of para-hydroxylation sites is 1. The summed E-state index contributed by atoms with van der Waals surface area (Å²) in [5.74, 6) is 1.05. The minimum atomic E-state index is -0.0276. The van der Waals surface area contributed by atoms with E-state index < -0.39 is 0 Å². The third-order valence-corrected chi connectivity index (χ3v) is 3.31. The number of rotatable bonds is 6. The Balaban J connectivity index is 2.41. The van der Waals surface area contributed by atoms with Crippen molar-refractivity contribution in [3.05, 3.63) is 41.3 Å². The Labute approximate surface area is 107 Å². The fourth-order valence-electron chi connectivity index (χ4n) is 1.22. The van der Waals surface area contributed by atoms with Crippen LogP contribution in [0.5, 0.6) is 0 Å². The molecule has 0 fully saturated rings. The van der Waals surface area contributed by atoms with Gasteiger partial charge in [0.15, 0.2) is 0 Å². The zero-order valence-corrected chi connectivity index (χ0v) is 11.2. The van der Waals surface area contributed by atoms with E-state index in [0.717, 1.165) is 17.0 Å². The smallest absolute Gasteiger partial charge is 0.251 e. The zero-order chi connectivity index (χ0) is 12.5. The van der Waals surface area contributed by atoms with E-state index >= 15 is 0 Å². The monoisotopic (exact) mass is 249 g/mol. The largest absolute Gasteiger partial charge is 0.322 e. The van der Waals surface area contributed by atoms with E-state index in [-0.39, 0.29) is 5.91 Å². The fourth-order valence-corrected chi connectivity index (χ4v) is 2.15. The number of hydrogen-bond acceptors (Lipinski definition) is 2. The van der Waals surface area contributed by atoms with Gasteiger partial charge >= 0.3 is 0 Å². The lowest BCUT2D eigenvalue weighted by Gasteiger charge is -2.04. The van der Waals surface area contributed by atoms with Gasteiger partial charge in [0, 0.05) is 11.3 Å². The van der Waals surface area contributed by atoms with Crippen molar-refractivity contribution in [3.63, 3.8) is 0 Å². The number of hydrogen-bond donors (Lipinski definition) is 1. The van der Waals surface area contributed by atoms with Crippen molar-refractivity contribution in [1.29, 1.82) is 0 Å². The van der Waals surface area contributed by atoms with Crippen LogP contribution in [-0.2, 0) is 4.79 Å². The van der Waals surface area contributed by atoms with E-state index in [9.17, 15) is 4.79 Å². The van der Waals surface area contributed by atoms with Gasteiger partial charge in [-0.05, 0) is 36.6 Å². The average molecular weight is 249 g/mol. The van der Waals surface area contributed by atoms with Crippen LogP contribution in [0.3, 0.4) is 0 Å². The highest BCUT2D eigenvalue weighted by Crippen LogP contribution is 2.12. The lowest BCUT2D eigenvalue weighted by atomic mass is 10.3. The molecule has 0 radical (unpaired) electrons. The van der Waals surface area contributed by atoms with Gasteiger partial charge in [0.25, 0.3) is 5.91 Å². The van der Waals surface area contributed by atoms with Crippen LogP contribution in [0.4, 0.5) is 5.69 Å². The van der Waals surface area contributed by atoms with E-state index in [0.29, 0.717) is 0 Å². The second kappa shape index (κ2) is 7.96. The van der Waals surface area contributed by atoms with Crippen molar-refractivity contribution < 1.29 is 4.79 Å². The van der Waals surface area contributed by atoms with Gasteiger partial charge in [-0.3, -0.25) is 4.79 Å². The standard InChI is InChI=1S/C14H19NOS/c1-3-4-10-17-11-12(2)14(16)15-13-8-6-5-7-9-13/h5-9,11H,3-4,10H2,1-2H3,(H,15,16)/b12-11+. The molecule has 3 heteroatoms. The van der Waals surface area contributed by atoms with Gasteiger partial charge in [-0.2, -0.15) is 0 Å². The number of carbonyl (C=O) groups excluding carboxylic acids is 1. The van der Waals surface area contributed by atoms with E-state index in [1.807, 2.05) is 42.7 Å². The molecule has 0 saturated carbocycles. The molecule has 1 rings (SSSR count). The summed E-state index contributed by atoms with van der Waals surface area (Å²) in [4.78, 5) is 11.8. The van der Waals surface area contributed by atoms with Crippen molar-refractivity contribution in [2.45, 2.75) is 26.7 Å². The predicted octanol–water partition coefficient (Wildman–Crippen LogP) is 4.06. The van der Waals surface area contributed by atoms with Gasteiger partial charge in [0.1, 0.15) is 0 Å². The second-order valence-electron chi connectivity index (χ2n) is 3.85. The summed E-state index contributed by atoms with van der Waals surface area (Å²) in [7, 11) is 0. The highest BCUT2D eigenvalue weighted by molar-refractivity contribution is 8.02. The van der Waals surface area contributed by atoms with E-state index in [1.54, 1.807) is 11.8 Å². The molecular weight excluding hydrogens is 230 g/mol. The molecule has 0 unspecified atom stereocenters. The molecular formula is C14H19NOS. The third-order valence-electron chi connectivity index (χ3n) is 2.27. The Morgan fingerprint density at radius 2 is 2.06 bits per heavy atom. The van der Waals surface area contributed by atoms with Crippen LogP contribution in [0.15, 0.2) is 41.3 Å². The first-order valence-electron chi connectivity index (χ1n) is 5.88. The molecule has 17 heavy (non-hydrogen) atoms. The van der Waals surface area contributed by atoms with Gasteiger partial charge in [0.2, 0.25) is 0 Å². The number of anilines is 1. The molecule has 92 valence electrons. The Morgan fingerprint density at radius 3 is 2.71 bits per heavy atom. The maximum Gasteiger partial charge on any atom is 0.251 e. The topological polar surface area (TPSA) is 29.1 Å². The number of benzene rings is 1. The van der Waals surface area contributed by atoms with Crippen molar-refractivity contribution >= 4 is 23.4 Å². The molecule has 2 nitrogen and oxygen atoms in total. The summed E-state index contributed by atoms with van der Waals surface area (Å²) >= 11 is 1.70. The predicted molar refractivity (Wildman–Crippen MR) is 76.2 cm³/mol. The molecule has 1 aromatic rings. The minimum absolute atomic E-state index is 0.0276. The second-order valence-corrected chi connectivity index (χ2v) is 4.82. The van der Waals surface area contributed by atoms with Crippen LogP contribution < -0.4 is 5.32 Å². The van der Waals surface area contributed by atoms with Crippen molar-refractivity contribution in [1.82, 2.24) is 0 Å². The van der Waals surface area contributed by atoms with Gasteiger partial charge in [-0.15, -0.1) is 11.8 Å². The first-order valence-corrected chi connectivity index (χ1v) is 6.93. The highest BCUT2D eigenvalue weighted by Gasteiger charge is 2.03. The van der Waals surface area contributed by atoms with Gasteiger partial charge in [-0.1, -0.05) is 31.5 Å². The SMILES string of the molecule is CCCCS/C=C(\C)C(=O)Nc1ccccc1. The molecule has 1 N–H and O–H groups in total. The van der Waals surface area contributed by atoms with Crippen molar-refractivity contribution in [2.75, 3.05) is 11.1 Å².